The second kappa shape index (κ2) is 5.08. The van der Waals surface area contributed by atoms with Crippen LogP contribution in [0, 0.1) is 5.92 Å². The molecule has 0 saturated carbocycles. The number of hydrogen-bond donors (Lipinski definition) is 2. The zero-order valence-electron chi connectivity index (χ0n) is 9.15. The molecule has 16 heavy (non-hydrogen) atoms. The molecule has 0 aromatic carbocycles. The van der Waals surface area contributed by atoms with Gasteiger partial charge in [0.1, 0.15) is 0 Å². The molecular weight excluding hydrogens is 226 g/mol. The number of carbonyl (C=O) groups excluding carboxylic acids is 1. The lowest BCUT2D eigenvalue weighted by atomic mass is 9.94. The van der Waals surface area contributed by atoms with E-state index in [1.165, 1.54) is 0 Å². The molecule has 4 nitrogen and oxygen atoms in total. The van der Waals surface area contributed by atoms with Crippen LogP contribution in [0.25, 0.3) is 0 Å². The van der Waals surface area contributed by atoms with Crippen molar-refractivity contribution in [2.45, 2.75) is 43.4 Å². The molecule has 0 aromatic heterocycles. The van der Waals surface area contributed by atoms with Gasteiger partial charge in [0.2, 0.25) is 5.91 Å². The SMILES string of the molecule is O=C(O)CCCC[C@@H]1SCC2NC(=O)CC21. The van der Waals surface area contributed by atoms with Gasteiger partial charge < -0.3 is 10.4 Å². The van der Waals surface area contributed by atoms with Crippen LogP contribution < -0.4 is 5.32 Å². The first-order valence-corrected chi connectivity index (χ1v) is 6.84. The smallest absolute Gasteiger partial charge is 0.303 e. The van der Waals surface area contributed by atoms with Gasteiger partial charge in [0.25, 0.3) is 0 Å². The molecule has 0 bridgehead atoms. The third kappa shape index (κ3) is 2.70. The lowest BCUT2D eigenvalue weighted by molar-refractivity contribution is -0.137. The third-order valence-corrected chi connectivity index (χ3v) is 4.95. The van der Waals surface area contributed by atoms with Gasteiger partial charge in [-0.3, -0.25) is 9.59 Å². The standard InChI is InChI=1S/C11H17NO3S/c13-10-5-7-8(12-10)6-16-9(7)3-1-2-4-11(14)15/h7-9H,1-6H2,(H,12,13)(H,14,15)/t7?,8?,9-/m0/s1. The molecule has 90 valence electrons. The van der Waals surface area contributed by atoms with Crippen molar-refractivity contribution in [3.8, 4) is 0 Å². The van der Waals surface area contributed by atoms with Crippen LogP contribution in [0.15, 0.2) is 0 Å². The summed E-state index contributed by atoms with van der Waals surface area (Å²) in [6.07, 6.45) is 3.70. The van der Waals surface area contributed by atoms with E-state index in [0.717, 1.165) is 25.0 Å². The van der Waals surface area contributed by atoms with E-state index in [9.17, 15) is 9.59 Å². The molecule has 2 N–H and O–H groups in total. The lowest BCUT2D eigenvalue weighted by Crippen LogP contribution is -2.29. The summed E-state index contributed by atoms with van der Waals surface area (Å²) < 4.78 is 0. The van der Waals surface area contributed by atoms with Crippen molar-refractivity contribution < 1.29 is 14.7 Å². The highest BCUT2D eigenvalue weighted by Crippen LogP contribution is 2.40. The number of nitrogens with one attached hydrogen (secondary N) is 1. The summed E-state index contributed by atoms with van der Waals surface area (Å²) in [7, 11) is 0. The molecule has 5 heteroatoms. The normalized spacial score (nSPS) is 32.5. The van der Waals surface area contributed by atoms with Gasteiger partial charge in [-0.15, -0.1) is 0 Å². The summed E-state index contributed by atoms with van der Waals surface area (Å²) in [6.45, 7) is 0. The zero-order valence-corrected chi connectivity index (χ0v) is 9.96. The molecule has 0 aromatic rings. The van der Waals surface area contributed by atoms with Gasteiger partial charge >= 0.3 is 5.97 Å². The Bertz CT molecular complexity index is 295. The van der Waals surface area contributed by atoms with Crippen molar-refractivity contribution in [3.05, 3.63) is 0 Å². The summed E-state index contributed by atoms with van der Waals surface area (Å²) in [6, 6.07) is 0.377. The highest BCUT2D eigenvalue weighted by atomic mass is 32.2. The van der Waals surface area contributed by atoms with Gasteiger partial charge in [0, 0.05) is 35.8 Å². The van der Waals surface area contributed by atoms with Crippen LogP contribution in [0.2, 0.25) is 0 Å². The Morgan fingerprint density at radius 1 is 1.50 bits per heavy atom. The fourth-order valence-corrected chi connectivity index (χ4v) is 4.21. The molecule has 3 atom stereocenters. The number of aliphatic carboxylic acids is 1. The summed E-state index contributed by atoms with van der Waals surface area (Å²) in [5, 5.41) is 12.1. The first-order chi connectivity index (χ1) is 7.66. The Balaban J connectivity index is 1.70. The maximum Gasteiger partial charge on any atom is 0.303 e. The van der Waals surface area contributed by atoms with E-state index < -0.39 is 5.97 Å². The van der Waals surface area contributed by atoms with E-state index in [-0.39, 0.29) is 12.3 Å². The highest BCUT2D eigenvalue weighted by Gasteiger charge is 2.42. The first-order valence-electron chi connectivity index (χ1n) is 5.79. The van der Waals surface area contributed by atoms with E-state index >= 15 is 0 Å². The molecule has 0 aliphatic carbocycles. The lowest BCUT2D eigenvalue weighted by Gasteiger charge is -2.15. The van der Waals surface area contributed by atoms with Gasteiger partial charge in [-0.05, 0) is 12.8 Å². The molecule has 0 radical (unpaired) electrons. The second-order valence-electron chi connectivity index (χ2n) is 4.55. The largest absolute Gasteiger partial charge is 0.481 e. The maximum absolute atomic E-state index is 11.2. The molecule has 2 unspecified atom stereocenters. The summed E-state index contributed by atoms with van der Waals surface area (Å²) in [4.78, 5) is 21.6. The zero-order chi connectivity index (χ0) is 11.5. The molecule has 0 spiro atoms. The van der Waals surface area contributed by atoms with Crippen LogP contribution in [-0.4, -0.2) is 34.0 Å². The number of amides is 1. The molecule has 2 saturated heterocycles. The summed E-state index contributed by atoms with van der Waals surface area (Å²) in [5.41, 5.74) is 0. The van der Waals surface area contributed by atoms with E-state index in [2.05, 4.69) is 5.32 Å². The van der Waals surface area contributed by atoms with Crippen molar-refractivity contribution >= 4 is 23.6 Å². The van der Waals surface area contributed by atoms with Crippen LogP contribution in [-0.2, 0) is 9.59 Å². The fraction of sp³-hybridized carbons (Fsp3) is 0.818. The molecule has 2 fully saturated rings. The molecule has 1 amide bonds. The minimum Gasteiger partial charge on any atom is -0.481 e. The van der Waals surface area contributed by atoms with Crippen LogP contribution in [0.3, 0.4) is 0 Å². The van der Waals surface area contributed by atoms with E-state index in [1.807, 2.05) is 11.8 Å². The van der Waals surface area contributed by atoms with Crippen molar-refractivity contribution in [2.24, 2.45) is 5.92 Å². The monoisotopic (exact) mass is 243 g/mol. The van der Waals surface area contributed by atoms with Crippen molar-refractivity contribution in [1.29, 1.82) is 0 Å². The van der Waals surface area contributed by atoms with Gasteiger partial charge in [-0.1, -0.05) is 6.42 Å². The Labute approximate surface area is 99.2 Å². The topological polar surface area (TPSA) is 66.4 Å². The maximum atomic E-state index is 11.2. The van der Waals surface area contributed by atoms with Gasteiger partial charge in [-0.25, -0.2) is 0 Å². The quantitative estimate of drug-likeness (QED) is 0.713. The number of carboxylic acid groups (broad SMARTS) is 1. The average molecular weight is 243 g/mol. The highest BCUT2D eigenvalue weighted by molar-refractivity contribution is 8.00. The van der Waals surface area contributed by atoms with Crippen molar-refractivity contribution in [2.75, 3.05) is 5.75 Å². The number of hydrogen-bond acceptors (Lipinski definition) is 3. The molecule has 2 aliphatic heterocycles. The van der Waals surface area contributed by atoms with Gasteiger partial charge in [0.15, 0.2) is 0 Å². The van der Waals surface area contributed by atoms with Crippen molar-refractivity contribution in [1.82, 2.24) is 5.32 Å². The van der Waals surface area contributed by atoms with E-state index in [4.69, 9.17) is 5.11 Å². The van der Waals surface area contributed by atoms with E-state index in [0.29, 0.717) is 23.6 Å². The predicted octanol–water partition coefficient (Wildman–Crippen LogP) is 1.25. The molecule has 2 heterocycles. The Morgan fingerprint density at radius 3 is 3.06 bits per heavy atom. The number of carbonyl (C=O) groups is 2. The van der Waals surface area contributed by atoms with E-state index in [1.54, 1.807) is 0 Å². The molecule has 2 rings (SSSR count). The fourth-order valence-electron chi connectivity index (χ4n) is 2.55. The number of unbranched alkanes of at least 4 members (excludes halogenated alkanes) is 1. The average Bonchev–Trinajstić information content (AvgIpc) is 2.72. The minimum absolute atomic E-state index is 0.186. The first kappa shape index (κ1) is 11.8. The Hall–Kier alpha value is -0.710. The van der Waals surface area contributed by atoms with Gasteiger partial charge in [-0.2, -0.15) is 11.8 Å². The summed E-state index contributed by atoms with van der Waals surface area (Å²) in [5.74, 6) is 0.989. The Kier molecular flexibility index (Phi) is 3.74. The number of carboxylic acids is 1. The summed E-state index contributed by atoms with van der Waals surface area (Å²) >= 11 is 1.93. The van der Waals surface area contributed by atoms with Crippen LogP contribution in [0.1, 0.15) is 32.1 Å². The predicted molar refractivity (Wildman–Crippen MR) is 62.4 cm³/mol. The second-order valence-corrected chi connectivity index (χ2v) is 5.83. The number of thioether (sulfide) groups is 1. The van der Waals surface area contributed by atoms with Crippen LogP contribution >= 0.6 is 11.8 Å². The third-order valence-electron chi connectivity index (χ3n) is 3.38. The van der Waals surface area contributed by atoms with Crippen LogP contribution in [0.5, 0.6) is 0 Å². The van der Waals surface area contributed by atoms with Crippen molar-refractivity contribution in [3.63, 3.8) is 0 Å². The molecular formula is C11H17NO3S. The number of rotatable bonds is 5. The number of fused-ring (bicyclic) bond motifs is 1. The minimum atomic E-state index is -0.713. The molecule has 2 aliphatic rings. The van der Waals surface area contributed by atoms with Crippen LogP contribution in [0.4, 0.5) is 0 Å². The Morgan fingerprint density at radius 2 is 2.31 bits per heavy atom. The van der Waals surface area contributed by atoms with Gasteiger partial charge in [0.05, 0.1) is 0 Å².